The summed E-state index contributed by atoms with van der Waals surface area (Å²) in [5.41, 5.74) is 0. The number of likely N-dealkylation sites (tertiary alicyclic amines) is 1. The smallest absolute Gasteiger partial charge is 0.00101 e. The fourth-order valence-corrected chi connectivity index (χ4v) is 2.20. The molecular formula is C12H25N. The third-order valence-corrected chi connectivity index (χ3v) is 3.09. The Morgan fingerprint density at radius 1 is 1.38 bits per heavy atom. The Bertz CT molecular complexity index is 131. The Balaban J connectivity index is 2.10. The highest BCUT2D eigenvalue weighted by molar-refractivity contribution is 4.75. The molecule has 0 aromatic heterocycles. The van der Waals surface area contributed by atoms with Crippen molar-refractivity contribution < 1.29 is 0 Å². The summed E-state index contributed by atoms with van der Waals surface area (Å²) in [5.74, 6) is 1.88. The van der Waals surface area contributed by atoms with Gasteiger partial charge in [-0.2, -0.15) is 0 Å². The second-order valence-electron chi connectivity index (χ2n) is 4.93. The van der Waals surface area contributed by atoms with E-state index in [4.69, 9.17) is 0 Å². The van der Waals surface area contributed by atoms with Crippen LogP contribution >= 0.6 is 0 Å². The van der Waals surface area contributed by atoms with Gasteiger partial charge in [-0.15, -0.1) is 0 Å². The maximum atomic E-state index is 2.65. The van der Waals surface area contributed by atoms with Gasteiger partial charge in [0.15, 0.2) is 0 Å². The van der Waals surface area contributed by atoms with E-state index in [1.54, 1.807) is 0 Å². The van der Waals surface area contributed by atoms with E-state index in [9.17, 15) is 0 Å². The van der Waals surface area contributed by atoms with Gasteiger partial charge >= 0.3 is 0 Å². The molecule has 1 atom stereocenters. The average molecular weight is 183 g/mol. The molecule has 0 aliphatic carbocycles. The molecule has 1 heteroatoms. The minimum absolute atomic E-state index is 0.866. The second kappa shape index (κ2) is 5.64. The summed E-state index contributed by atoms with van der Waals surface area (Å²) in [6.45, 7) is 11.0. The van der Waals surface area contributed by atoms with Crippen molar-refractivity contribution in [1.29, 1.82) is 0 Å². The zero-order valence-electron chi connectivity index (χ0n) is 9.55. The first-order valence-corrected chi connectivity index (χ1v) is 5.94. The lowest BCUT2D eigenvalue weighted by atomic mass is 10.0. The van der Waals surface area contributed by atoms with Crippen molar-refractivity contribution in [3.63, 3.8) is 0 Å². The summed E-state index contributed by atoms with van der Waals surface area (Å²) in [4.78, 5) is 2.65. The highest BCUT2D eigenvalue weighted by Gasteiger charge is 2.20. The molecule has 1 aliphatic rings. The number of hydrogen-bond acceptors (Lipinski definition) is 1. The molecule has 0 bridgehead atoms. The van der Waals surface area contributed by atoms with Crippen LogP contribution in [0.15, 0.2) is 0 Å². The fourth-order valence-electron chi connectivity index (χ4n) is 2.20. The normalized spacial score (nSPS) is 24.5. The minimum atomic E-state index is 0.866. The van der Waals surface area contributed by atoms with Gasteiger partial charge in [0, 0.05) is 6.54 Å². The van der Waals surface area contributed by atoms with Crippen LogP contribution in [0.1, 0.15) is 46.5 Å². The molecule has 1 rings (SSSR count). The molecule has 78 valence electrons. The molecular weight excluding hydrogens is 158 g/mol. The van der Waals surface area contributed by atoms with Crippen molar-refractivity contribution in [3.8, 4) is 0 Å². The fraction of sp³-hybridized carbons (Fsp3) is 1.00. The lowest BCUT2D eigenvalue weighted by Crippen LogP contribution is -2.22. The molecule has 0 saturated carbocycles. The highest BCUT2D eigenvalue weighted by Crippen LogP contribution is 2.21. The van der Waals surface area contributed by atoms with Gasteiger partial charge in [0.05, 0.1) is 0 Å². The summed E-state index contributed by atoms with van der Waals surface area (Å²) in [6, 6.07) is 0. The number of rotatable bonds is 5. The van der Waals surface area contributed by atoms with E-state index in [1.165, 1.54) is 45.3 Å². The second-order valence-corrected chi connectivity index (χ2v) is 4.93. The van der Waals surface area contributed by atoms with Gasteiger partial charge < -0.3 is 4.90 Å². The molecule has 0 radical (unpaired) electrons. The molecule has 0 aromatic carbocycles. The maximum absolute atomic E-state index is 2.65. The predicted molar refractivity (Wildman–Crippen MR) is 58.9 cm³/mol. The van der Waals surface area contributed by atoms with E-state index in [0.29, 0.717) is 0 Å². The molecule has 1 unspecified atom stereocenters. The first-order valence-electron chi connectivity index (χ1n) is 5.94. The molecule has 0 N–H and O–H groups in total. The van der Waals surface area contributed by atoms with Crippen LogP contribution in [0.5, 0.6) is 0 Å². The van der Waals surface area contributed by atoms with Gasteiger partial charge in [0.25, 0.3) is 0 Å². The zero-order chi connectivity index (χ0) is 9.68. The van der Waals surface area contributed by atoms with E-state index < -0.39 is 0 Å². The van der Waals surface area contributed by atoms with Crippen LogP contribution < -0.4 is 0 Å². The standard InChI is InChI=1S/C12H25N/c1-4-5-12-7-9-13(10-12)8-6-11(2)3/h11-12H,4-10H2,1-3H3. The van der Waals surface area contributed by atoms with Crippen LogP contribution in [0.3, 0.4) is 0 Å². The van der Waals surface area contributed by atoms with E-state index in [0.717, 1.165) is 11.8 Å². The Morgan fingerprint density at radius 3 is 2.77 bits per heavy atom. The van der Waals surface area contributed by atoms with Gasteiger partial charge in [-0.05, 0) is 44.2 Å². The van der Waals surface area contributed by atoms with Crippen molar-refractivity contribution in [2.75, 3.05) is 19.6 Å². The molecule has 1 heterocycles. The summed E-state index contributed by atoms with van der Waals surface area (Å²) in [7, 11) is 0. The summed E-state index contributed by atoms with van der Waals surface area (Å²) >= 11 is 0. The SMILES string of the molecule is CCCC1CCN(CCC(C)C)C1. The van der Waals surface area contributed by atoms with Gasteiger partial charge in [-0.3, -0.25) is 0 Å². The van der Waals surface area contributed by atoms with Crippen LogP contribution in [-0.4, -0.2) is 24.5 Å². The van der Waals surface area contributed by atoms with Crippen LogP contribution in [-0.2, 0) is 0 Å². The third kappa shape index (κ3) is 4.12. The van der Waals surface area contributed by atoms with Crippen molar-refractivity contribution >= 4 is 0 Å². The number of hydrogen-bond donors (Lipinski definition) is 0. The lowest BCUT2D eigenvalue weighted by Gasteiger charge is -2.16. The summed E-state index contributed by atoms with van der Waals surface area (Å²) in [5, 5.41) is 0. The van der Waals surface area contributed by atoms with E-state index in [-0.39, 0.29) is 0 Å². The molecule has 1 aliphatic heterocycles. The van der Waals surface area contributed by atoms with Crippen molar-refractivity contribution in [1.82, 2.24) is 4.90 Å². The molecule has 0 amide bonds. The Morgan fingerprint density at radius 2 is 2.15 bits per heavy atom. The first kappa shape index (κ1) is 11.0. The average Bonchev–Trinajstić information content (AvgIpc) is 2.50. The topological polar surface area (TPSA) is 3.24 Å². The Labute approximate surface area is 83.5 Å². The monoisotopic (exact) mass is 183 g/mol. The molecule has 13 heavy (non-hydrogen) atoms. The zero-order valence-corrected chi connectivity index (χ0v) is 9.55. The van der Waals surface area contributed by atoms with Crippen molar-refractivity contribution in [2.24, 2.45) is 11.8 Å². The summed E-state index contributed by atoms with van der Waals surface area (Å²) < 4.78 is 0. The number of nitrogens with zero attached hydrogens (tertiary/aromatic N) is 1. The van der Waals surface area contributed by atoms with Crippen molar-refractivity contribution in [2.45, 2.75) is 46.5 Å². The lowest BCUT2D eigenvalue weighted by molar-refractivity contribution is 0.299. The van der Waals surface area contributed by atoms with E-state index in [2.05, 4.69) is 25.7 Å². The molecule has 0 spiro atoms. The first-order chi connectivity index (χ1) is 6.22. The van der Waals surface area contributed by atoms with Gasteiger partial charge in [0.1, 0.15) is 0 Å². The molecule has 0 aromatic rings. The van der Waals surface area contributed by atoms with Crippen LogP contribution in [0.4, 0.5) is 0 Å². The Hall–Kier alpha value is -0.0400. The van der Waals surface area contributed by atoms with E-state index >= 15 is 0 Å². The molecule has 1 nitrogen and oxygen atoms in total. The predicted octanol–water partition coefficient (Wildman–Crippen LogP) is 3.15. The Kier molecular flexibility index (Phi) is 4.79. The van der Waals surface area contributed by atoms with Crippen molar-refractivity contribution in [3.05, 3.63) is 0 Å². The van der Waals surface area contributed by atoms with Crippen LogP contribution in [0.2, 0.25) is 0 Å². The van der Waals surface area contributed by atoms with Crippen LogP contribution in [0, 0.1) is 11.8 Å². The van der Waals surface area contributed by atoms with E-state index in [1.807, 2.05) is 0 Å². The van der Waals surface area contributed by atoms with Gasteiger partial charge in [0.2, 0.25) is 0 Å². The van der Waals surface area contributed by atoms with Gasteiger partial charge in [-0.25, -0.2) is 0 Å². The molecule has 1 fully saturated rings. The minimum Gasteiger partial charge on any atom is -0.303 e. The molecule has 1 saturated heterocycles. The summed E-state index contributed by atoms with van der Waals surface area (Å²) in [6.07, 6.45) is 5.63. The quantitative estimate of drug-likeness (QED) is 0.633. The largest absolute Gasteiger partial charge is 0.303 e. The van der Waals surface area contributed by atoms with Gasteiger partial charge in [-0.1, -0.05) is 27.2 Å². The highest BCUT2D eigenvalue weighted by atomic mass is 15.1. The van der Waals surface area contributed by atoms with Crippen LogP contribution in [0.25, 0.3) is 0 Å². The maximum Gasteiger partial charge on any atom is 0.00101 e. The third-order valence-electron chi connectivity index (χ3n) is 3.09.